The van der Waals surface area contributed by atoms with Gasteiger partial charge in [-0.2, -0.15) is 0 Å². The SMILES string of the molecule is CC[N+](CC)(CC)CC.O=S(=O)([O-])C(F)C(F)C(F)C(F)C(F)C(F)C(F)C(F)C(F)F. The Morgan fingerprint density at radius 2 is 0.812 bits per heavy atom. The lowest BCUT2D eigenvalue weighted by Crippen LogP contribution is -2.48. The van der Waals surface area contributed by atoms with Gasteiger partial charge in [0.25, 0.3) is 6.43 Å². The summed E-state index contributed by atoms with van der Waals surface area (Å²) >= 11 is 0. The first-order valence-electron chi connectivity index (χ1n) is 9.68. The first-order chi connectivity index (χ1) is 14.5. The molecule has 15 heteroatoms. The standard InChI is InChI=1S/C9H10F10O3S.C8H20N/c10-1(2(11)4(13)6(15)8(17)18)3(12)5(14)7(16)9(19)23(20,21)22;1-5-9(6-2,7-3)8-4/h1-9H,(H,20,21,22);5-8H2,1-4H3/q;+1/p-1. The van der Waals surface area contributed by atoms with Gasteiger partial charge in [-0.05, 0) is 27.7 Å². The van der Waals surface area contributed by atoms with Gasteiger partial charge >= 0.3 is 0 Å². The van der Waals surface area contributed by atoms with Gasteiger partial charge in [0.1, 0.15) is 10.1 Å². The van der Waals surface area contributed by atoms with Crippen LogP contribution in [-0.2, 0) is 10.1 Å². The number of nitrogens with zero attached hydrogens (tertiary/aromatic N) is 1. The number of rotatable bonds is 13. The number of alkyl halides is 10. The second-order valence-electron chi connectivity index (χ2n) is 6.90. The second-order valence-corrected chi connectivity index (χ2v) is 8.33. The molecule has 0 aromatic heterocycles. The third kappa shape index (κ3) is 9.57. The summed E-state index contributed by atoms with van der Waals surface area (Å²) in [5, 5.41) is 0. The van der Waals surface area contributed by atoms with E-state index in [2.05, 4.69) is 27.7 Å². The summed E-state index contributed by atoms with van der Waals surface area (Å²) in [6.45, 7) is 14.2. The number of hydrogen-bond donors (Lipinski definition) is 0. The molecule has 196 valence electrons. The molecule has 4 nitrogen and oxygen atoms in total. The van der Waals surface area contributed by atoms with E-state index in [1.807, 2.05) is 0 Å². The van der Waals surface area contributed by atoms with E-state index >= 15 is 0 Å². The van der Waals surface area contributed by atoms with E-state index in [0.29, 0.717) is 0 Å². The Morgan fingerprint density at radius 3 is 1.00 bits per heavy atom. The van der Waals surface area contributed by atoms with Gasteiger partial charge < -0.3 is 9.04 Å². The van der Waals surface area contributed by atoms with Crippen LogP contribution >= 0.6 is 0 Å². The van der Waals surface area contributed by atoms with Crippen molar-refractivity contribution in [1.29, 1.82) is 0 Å². The minimum atomic E-state index is -6.12. The highest BCUT2D eigenvalue weighted by atomic mass is 32.2. The molecule has 8 atom stereocenters. The molecule has 0 aliphatic carbocycles. The summed E-state index contributed by atoms with van der Waals surface area (Å²) in [6.07, 6.45) is -32.4. The Morgan fingerprint density at radius 1 is 0.562 bits per heavy atom. The molecule has 0 fully saturated rings. The smallest absolute Gasteiger partial charge is 0.272 e. The maximum Gasteiger partial charge on any atom is 0.272 e. The topological polar surface area (TPSA) is 57.2 Å². The van der Waals surface area contributed by atoms with Crippen LogP contribution < -0.4 is 0 Å². The number of halogens is 10. The van der Waals surface area contributed by atoms with Crippen LogP contribution in [0.2, 0.25) is 0 Å². The van der Waals surface area contributed by atoms with Gasteiger partial charge in [-0.1, -0.05) is 0 Å². The largest absolute Gasteiger partial charge is 0.746 e. The highest BCUT2D eigenvalue weighted by Crippen LogP contribution is 2.29. The van der Waals surface area contributed by atoms with Crippen LogP contribution in [0.25, 0.3) is 0 Å². The molecular formula is C17H29F10NO3S. The molecule has 0 aromatic carbocycles. The van der Waals surface area contributed by atoms with E-state index in [9.17, 15) is 56.9 Å². The van der Waals surface area contributed by atoms with Crippen molar-refractivity contribution in [1.82, 2.24) is 0 Å². The second kappa shape index (κ2) is 14.4. The van der Waals surface area contributed by atoms with Crippen LogP contribution in [0.5, 0.6) is 0 Å². The zero-order chi connectivity index (χ0) is 26.0. The molecule has 0 spiro atoms. The van der Waals surface area contributed by atoms with Crippen molar-refractivity contribution in [3.63, 3.8) is 0 Å². The Bertz CT molecular complexity index is 594. The summed E-state index contributed by atoms with van der Waals surface area (Å²) < 4.78 is 158. The van der Waals surface area contributed by atoms with E-state index in [1.54, 1.807) is 0 Å². The molecule has 0 aliphatic heterocycles. The molecule has 0 aromatic rings. The van der Waals surface area contributed by atoms with Gasteiger partial charge in [-0.3, -0.25) is 0 Å². The van der Waals surface area contributed by atoms with Crippen LogP contribution in [0.3, 0.4) is 0 Å². The fourth-order valence-electron chi connectivity index (χ4n) is 2.66. The van der Waals surface area contributed by atoms with Crippen molar-refractivity contribution in [2.24, 2.45) is 0 Å². The molecule has 0 rings (SSSR count). The zero-order valence-electron chi connectivity index (χ0n) is 17.9. The Labute approximate surface area is 181 Å². The van der Waals surface area contributed by atoms with Crippen LogP contribution in [0.1, 0.15) is 27.7 Å². The monoisotopic (exact) mass is 517 g/mol. The first-order valence-corrected chi connectivity index (χ1v) is 11.1. The maximum absolute atomic E-state index is 13.1. The summed E-state index contributed by atoms with van der Waals surface area (Å²) in [5.41, 5.74) is -4.18. The van der Waals surface area contributed by atoms with Crippen molar-refractivity contribution >= 4 is 10.1 Å². The van der Waals surface area contributed by atoms with Crippen LogP contribution in [0, 0.1) is 0 Å². The van der Waals surface area contributed by atoms with E-state index < -0.39 is 65.2 Å². The first kappa shape index (κ1) is 33.3. The van der Waals surface area contributed by atoms with Crippen molar-refractivity contribution in [3.8, 4) is 0 Å². The predicted molar refractivity (Wildman–Crippen MR) is 97.3 cm³/mol. The number of quaternary nitrogens is 1. The third-order valence-corrected chi connectivity index (χ3v) is 6.09. The summed E-state index contributed by atoms with van der Waals surface area (Å²) in [6, 6.07) is 0. The third-order valence-electron chi connectivity index (χ3n) is 5.28. The average molecular weight is 517 g/mol. The van der Waals surface area contributed by atoms with E-state index in [0.717, 1.165) is 0 Å². The van der Waals surface area contributed by atoms with E-state index in [4.69, 9.17) is 0 Å². The summed E-state index contributed by atoms with van der Waals surface area (Å²) in [5.74, 6) is 0. The molecule has 0 heterocycles. The summed E-state index contributed by atoms with van der Waals surface area (Å²) in [7, 11) is -6.12. The molecule has 0 saturated heterocycles. The van der Waals surface area contributed by atoms with E-state index in [-0.39, 0.29) is 0 Å². The van der Waals surface area contributed by atoms with Crippen molar-refractivity contribution in [2.75, 3.05) is 26.2 Å². The lowest BCUT2D eigenvalue weighted by atomic mass is 10.00. The van der Waals surface area contributed by atoms with Gasteiger partial charge in [0.15, 0.2) is 43.2 Å². The molecule has 32 heavy (non-hydrogen) atoms. The van der Waals surface area contributed by atoms with Crippen LogP contribution in [0.15, 0.2) is 0 Å². The molecule has 0 amide bonds. The lowest BCUT2D eigenvalue weighted by molar-refractivity contribution is -0.921. The highest BCUT2D eigenvalue weighted by molar-refractivity contribution is 7.86. The van der Waals surface area contributed by atoms with Gasteiger partial charge in [-0.25, -0.2) is 52.3 Å². The predicted octanol–water partition coefficient (Wildman–Crippen LogP) is 4.34. The average Bonchev–Trinajstić information content (AvgIpc) is 2.76. The molecule has 0 N–H and O–H groups in total. The summed E-state index contributed by atoms with van der Waals surface area (Å²) in [4.78, 5) is 0. The molecule has 0 radical (unpaired) electrons. The molecular weight excluding hydrogens is 488 g/mol. The van der Waals surface area contributed by atoms with Crippen molar-refractivity contribution in [2.45, 2.75) is 82.8 Å². The van der Waals surface area contributed by atoms with Crippen LogP contribution in [-0.4, -0.2) is 98.8 Å². The van der Waals surface area contributed by atoms with Gasteiger partial charge in [-0.15, -0.1) is 0 Å². The Balaban J connectivity index is 0. The normalized spacial score (nSPS) is 20.4. The van der Waals surface area contributed by atoms with Crippen molar-refractivity contribution in [3.05, 3.63) is 0 Å². The van der Waals surface area contributed by atoms with Crippen molar-refractivity contribution < 1.29 is 61.4 Å². The van der Waals surface area contributed by atoms with Gasteiger partial charge in [0.2, 0.25) is 5.50 Å². The van der Waals surface area contributed by atoms with Gasteiger partial charge in [0, 0.05) is 0 Å². The highest BCUT2D eigenvalue weighted by Gasteiger charge is 2.49. The number of hydrogen-bond acceptors (Lipinski definition) is 3. The molecule has 0 saturated carbocycles. The Kier molecular flexibility index (Phi) is 15.0. The van der Waals surface area contributed by atoms with E-state index in [1.165, 1.54) is 30.7 Å². The molecule has 0 aliphatic rings. The molecule has 0 bridgehead atoms. The minimum Gasteiger partial charge on any atom is -0.746 e. The zero-order valence-corrected chi connectivity index (χ0v) is 18.7. The molecule has 8 unspecified atom stereocenters. The lowest BCUT2D eigenvalue weighted by Gasteiger charge is -2.34. The maximum atomic E-state index is 13.1. The Hall–Kier alpha value is -0.830. The quantitative estimate of drug-likeness (QED) is 0.208. The fraction of sp³-hybridized carbons (Fsp3) is 1.00. The minimum absolute atomic E-state index is 1.28. The fourth-order valence-corrected chi connectivity index (χ4v) is 3.13. The van der Waals surface area contributed by atoms with Crippen LogP contribution in [0.4, 0.5) is 43.9 Å². The van der Waals surface area contributed by atoms with Gasteiger partial charge in [0.05, 0.1) is 26.2 Å².